The number of methoxy groups -OCH3 is 1. The molecule has 2 aromatic rings. The van der Waals surface area contributed by atoms with Gasteiger partial charge in [0.2, 0.25) is 0 Å². The number of nitrogens with zero attached hydrogens (tertiary/aromatic N) is 1. The van der Waals surface area contributed by atoms with Crippen LogP contribution < -0.4 is 4.74 Å². The molecule has 7 atom stereocenters. The third-order valence-electron chi connectivity index (χ3n) is 11.0. The van der Waals surface area contributed by atoms with E-state index in [0.717, 1.165) is 37.3 Å². The largest absolute Gasteiger partial charge is 0.504 e. The van der Waals surface area contributed by atoms with E-state index in [9.17, 15) is 10.2 Å². The fourth-order valence-corrected chi connectivity index (χ4v) is 9.22. The Bertz CT molecular complexity index is 1220. The Morgan fingerprint density at radius 2 is 1.95 bits per heavy atom. The number of hydrogen-bond donors (Lipinski definition) is 2. The average Bonchev–Trinajstić information content (AvgIpc) is 3.64. The van der Waals surface area contributed by atoms with Crippen molar-refractivity contribution in [3.63, 3.8) is 0 Å². The van der Waals surface area contributed by atoms with Gasteiger partial charge < -0.3 is 19.7 Å². The van der Waals surface area contributed by atoms with Gasteiger partial charge in [-0.15, -0.1) is 0 Å². The Labute approximate surface area is 224 Å². The number of phenolic OH excluding ortho intramolecular Hbond substituents is 1. The number of phenols is 1. The van der Waals surface area contributed by atoms with Crippen molar-refractivity contribution in [1.82, 2.24) is 4.90 Å². The number of benzene rings is 2. The van der Waals surface area contributed by atoms with Crippen LogP contribution in [0.25, 0.3) is 0 Å². The molecule has 6 heteroatoms. The SMILES string of the molecule is CC[C@@]1(OC)[C@@H]([C@](C)(O)c2ccc(Cl)cc2)CC2[C@H]3Cc4ccc(O)c5c4[C@@]2(CCN3CC2CC2)[C@H]1O5. The number of hydrogen-bond acceptors (Lipinski definition) is 5. The smallest absolute Gasteiger partial charge is 0.165 e. The minimum absolute atomic E-state index is 0.194. The molecule has 198 valence electrons. The van der Waals surface area contributed by atoms with Crippen molar-refractivity contribution >= 4 is 11.6 Å². The summed E-state index contributed by atoms with van der Waals surface area (Å²) >= 11 is 6.22. The van der Waals surface area contributed by atoms with E-state index in [1.165, 1.54) is 30.5 Å². The van der Waals surface area contributed by atoms with Crippen LogP contribution in [-0.2, 0) is 22.2 Å². The highest BCUT2D eigenvalue weighted by atomic mass is 35.5. The number of ether oxygens (including phenoxy) is 2. The molecule has 3 aliphatic carbocycles. The van der Waals surface area contributed by atoms with E-state index in [4.69, 9.17) is 21.1 Å². The molecule has 1 unspecified atom stereocenters. The maximum absolute atomic E-state index is 12.4. The predicted molar refractivity (Wildman–Crippen MR) is 143 cm³/mol. The highest BCUT2D eigenvalue weighted by Crippen LogP contribution is 2.69. The zero-order valence-corrected chi connectivity index (χ0v) is 22.8. The van der Waals surface area contributed by atoms with Crippen LogP contribution in [0.1, 0.15) is 62.6 Å². The lowest BCUT2D eigenvalue weighted by molar-refractivity contribution is -0.243. The molecule has 2 bridgehead atoms. The molecular weight excluding hydrogens is 486 g/mol. The Morgan fingerprint density at radius 3 is 2.62 bits per heavy atom. The van der Waals surface area contributed by atoms with Crippen LogP contribution in [0.5, 0.6) is 11.5 Å². The standard InChI is InChI=1S/C31H38ClNO4/c1-4-31(36-3)25(29(2,35)20-8-10-21(32)11-9-20)16-22-23-15-19-7-12-24(34)27-26(19)30(22,28(31)37-27)13-14-33(23)17-18-5-6-18/h7-12,18,22-23,25,28,34-35H,4-6,13-17H2,1-3H3/t22?,23-,25-,28-,29-,30+,31-/m1/s1. The molecule has 5 aliphatic rings. The zero-order chi connectivity index (χ0) is 25.7. The summed E-state index contributed by atoms with van der Waals surface area (Å²) in [5.74, 6) is 1.83. The van der Waals surface area contributed by atoms with E-state index in [1.807, 2.05) is 37.3 Å². The maximum Gasteiger partial charge on any atom is 0.165 e. The zero-order valence-electron chi connectivity index (χ0n) is 22.0. The lowest BCUT2D eigenvalue weighted by Crippen LogP contribution is -2.74. The van der Waals surface area contributed by atoms with E-state index in [2.05, 4.69) is 17.9 Å². The first-order valence-electron chi connectivity index (χ1n) is 14.1. The molecule has 2 N–H and O–H groups in total. The summed E-state index contributed by atoms with van der Waals surface area (Å²) in [6.45, 7) is 6.31. The second-order valence-corrected chi connectivity index (χ2v) is 12.9. The molecule has 2 aromatic carbocycles. The van der Waals surface area contributed by atoms with Gasteiger partial charge in [0.05, 0.1) is 5.60 Å². The maximum atomic E-state index is 12.4. The summed E-state index contributed by atoms with van der Waals surface area (Å²) in [6.07, 6.45) is 5.93. The lowest BCUT2D eigenvalue weighted by atomic mass is 9.44. The van der Waals surface area contributed by atoms with Crippen molar-refractivity contribution in [2.45, 2.75) is 81.1 Å². The third-order valence-corrected chi connectivity index (χ3v) is 11.2. The van der Waals surface area contributed by atoms with Crippen LogP contribution in [0.3, 0.4) is 0 Å². The average molecular weight is 524 g/mol. The van der Waals surface area contributed by atoms with Gasteiger partial charge in [-0.25, -0.2) is 0 Å². The van der Waals surface area contributed by atoms with Gasteiger partial charge in [0.15, 0.2) is 11.5 Å². The number of halogens is 1. The van der Waals surface area contributed by atoms with Crippen molar-refractivity contribution in [3.8, 4) is 11.5 Å². The molecule has 37 heavy (non-hydrogen) atoms. The van der Waals surface area contributed by atoms with Crippen molar-refractivity contribution < 1.29 is 19.7 Å². The first kappa shape index (κ1) is 24.3. The van der Waals surface area contributed by atoms with Gasteiger partial charge in [-0.05, 0) is 93.2 Å². The molecule has 3 fully saturated rings. The van der Waals surface area contributed by atoms with Gasteiger partial charge in [-0.2, -0.15) is 0 Å². The summed E-state index contributed by atoms with van der Waals surface area (Å²) < 4.78 is 13.4. The fraction of sp³-hybridized carbons (Fsp3) is 0.613. The number of piperidine rings is 1. The van der Waals surface area contributed by atoms with Gasteiger partial charge in [-0.3, -0.25) is 4.90 Å². The van der Waals surface area contributed by atoms with E-state index >= 15 is 0 Å². The van der Waals surface area contributed by atoms with Crippen molar-refractivity contribution in [1.29, 1.82) is 0 Å². The number of aromatic hydroxyl groups is 1. The molecule has 1 saturated heterocycles. The minimum Gasteiger partial charge on any atom is -0.504 e. The molecule has 1 spiro atoms. The fourth-order valence-electron chi connectivity index (χ4n) is 9.09. The Hall–Kier alpha value is -1.79. The van der Waals surface area contributed by atoms with Crippen LogP contribution >= 0.6 is 11.6 Å². The monoisotopic (exact) mass is 523 g/mol. The first-order valence-corrected chi connectivity index (χ1v) is 14.4. The molecule has 0 amide bonds. The summed E-state index contributed by atoms with van der Waals surface area (Å²) in [4.78, 5) is 2.75. The van der Waals surface area contributed by atoms with Crippen LogP contribution in [0.2, 0.25) is 5.02 Å². The van der Waals surface area contributed by atoms with E-state index in [-0.39, 0.29) is 23.2 Å². The van der Waals surface area contributed by atoms with Gasteiger partial charge in [0, 0.05) is 41.6 Å². The van der Waals surface area contributed by atoms with Crippen LogP contribution in [-0.4, -0.2) is 53.1 Å². The van der Waals surface area contributed by atoms with Crippen molar-refractivity contribution in [2.75, 3.05) is 20.2 Å². The van der Waals surface area contributed by atoms with Crippen LogP contribution in [0, 0.1) is 17.8 Å². The summed E-state index contributed by atoms with van der Waals surface area (Å²) in [5, 5.41) is 24.0. The number of aliphatic hydroxyl groups is 1. The summed E-state index contributed by atoms with van der Waals surface area (Å²) in [7, 11) is 1.78. The Kier molecular flexibility index (Phi) is 5.32. The quantitative estimate of drug-likeness (QED) is 0.529. The van der Waals surface area contributed by atoms with Crippen molar-refractivity contribution in [2.24, 2.45) is 17.8 Å². The first-order chi connectivity index (χ1) is 17.8. The minimum atomic E-state index is -1.14. The number of likely N-dealkylation sites (tertiary alicyclic amines) is 1. The second-order valence-electron chi connectivity index (χ2n) is 12.5. The van der Waals surface area contributed by atoms with Gasteiger partial charge in [0.1, 0.15) is 11.7 Å². The third kappa shape index (κ3) is 3.15. The predicted octanol–water partition coefficient (Wildman–Crippen LogP) is 5.42. The van der Waals surface area contributed by atoms with Crippen LogP contribution in [0.15, 0.2) is 36.4 Å². The van der Waals surface area contributed by atoms with E-state index in [0.29, 0.717) is 29.2 Å². The molecule has 2 heterocycles. The Balaban J connectivity index is 1.41. The molecular formula is C31H38ClNO4. The molecule has 5 nitrogen and oxygen atoms in total. The molecule has 0 radical (unpaired) electrons. The van der Waals surface area contributed by atoms with Gasteiger partial charge in [0.25, 0.3) is 0 Å². The lowest BCUT2D eigenvalue weighted by Gasteiger charge is -2.65. The van der Waals surface area contributed by atoms with E-state index in [1.54, 1.807) is 7.11 Å². The van der Waals surface area contributed by atoms with Crippen LogP contribution in [0.4, 0.5) is 0 Å². The normalized spacial score (nSPS) is 37.5. The Morgan fingerprint density at radius 1 is 1.19 bits per heavy atom. The second kappa shape index (κ2) is 8.11. The van der Waals surface area contributed by atoms with E-state index < -0.39 is 11.2 Å². The highest BCUT2D eigenvalue weighted by Gasteiger charge is 2.73. The molecule has 0 aromatic heterocycles. The summed E-state index contributed by atoms with van der Waals surface area (Å²) in [5.41, 5.74) is 1.32. The molecule has 2 aliphatic heterocycles. The van der Waals surface area contributed by atoms with Gasteiger partial charge >= 0.3 is 0 Å². The van der Waals surface area contributed by atoms with Gasteiger partial charge in [-0.1, -0.05) is 36.7 Å². The highest BCUT2D eigenvalue weighted by molar-refractivity contribution is 6.30. The number of rotatable bonds is 6. The molecule has 7 rings (SSSR count). The summed E-state index contributed by atoms with van der Waals surface area (Å²) in [6, 6.07) is 11.9. The van der Waals surface area contributed by atoms with Crippen molar-refractivity contribution in [3.05, 3.63) is 58.1 Å². The molecule has 2 saturated carbocycles. The topological polar surface area (TPSA) is 62.2 Å².